The first-order valence-corrected chi connectivity index (χ1v) is 6.80. The predicted molar refractivity (Wildman–Crippen MR) is 84.8 cm³/mol. The van der Waals surface area contributed by atoms with Gasteiger partial charge in [0, 0.05) is 11.3 Å². The van der Waals surface area contributed by atoms with Gasteiger partial charge in [-0.25, -0.2) is 0 Å². The number of oxime groups is 1. The van der Waals surface area contributed by atoms with Crippen molar-refractivity contribution in [2.45, 2.75) is 13.3 Å². The van der Waals surface area contributed by atoms with Gasteiger partial charge in [0.25, 0.3) is 5.91 Å². The molecule has 2 rings (SSSR count). The van der Waals surface area contributed by atoms with Crippen molar-refractivity contribution in [1.29, 1.82) is 0 Å². The van der Waals surface area contributed by atoms with Crippen LogP contribution in [0.25, 0.3) is 0 Å². The average Bonchev–Trinajstić information content (AvgIpc) is 2.53. The summed E-state index contributed by atoms with van der Waals surface area (Å²) in [6, 6.07) is 15.0. The topological polar surface area (TPSA) is 50.7 Å². The maximum Gasteiger partial charge on any atom is 0.255 e. The molecule has 0 aliphatic carbocycles. The smallest absolute Gasteiger partial charge is 0.255 e. The Balaban J connectivity index is 2.07. The van der Waals surface area contributed by atoms with Crippen LogP contribution < -0.4 is 5.32 Å². The van der Waals surface area contributed by atoms with Crippen LogP contribution >= 0.6 is 0 Å². The molecule has 0 aliphatic rings. The molecule has 1 N–H and O–H groups in total. The lowest BCUT2D eigenvalue weighted by Gasteiger charge is -2.07. The van der Waals surface area contributed by atoms with Gasteiger partial charge in [-0.2, -0.15) is 0 Å². The van der Waals surface area contributed by atoms with E-state index in [0.29, 0.717) is 5.56 Å². The number of rotatable bonds is 5. The van der Waals surface area contributed by atoms with Gasteiger partial charge >= 0.3 is 0 Å². The molecule has 0 spiro atoms. The summed E-state index contributed by atoms with van der Waals surface area (Å²) in [6.45, 7) is 2.08. The number of anilines is 1. The summed E-state index contributed by atoms with van der Waals surface area (Å²) in [5.41, 5.74) is 3.48. The zero-order valence-electron chi connectivity index (χ0n) is 12.2. The molecule has 108 valence electrons. The number of aryl methyl sites for hydroxylation is 1. The van der Waals surface area contributed by atoms with Crippen LogP contribution in [-0.4, -0.2) is 19.2 Å². The van der Waals surface area contributed by atoms with Crippen molar-refractivity contribution in [3.63, 3.8) is 0 Å². The number of benzene rings is 2. The molecule has 1 amide bonds. The maximum absolute atomic E-state index is 12.2. The third-order valence-electron chi connectivity index (χ3n) is 3.07. The van der Waals surface area contributed by atoms with Gasteiger partial charge in [0.05, 0.1) is 6.21 Å². The highest BCUT2D eigenvalue weighted by Crippen LogP contribution is 2.13. The molecule has 0 atom stereocenters. The molecule has 21 heavy (non-hydrogen) atoms. The van der Waals surface area contributed by atoms with E-state index in [9.17, 15) is 4.79 Å². The monoisotopic (exact) mass is 282 g/mol. The van der Waals surface area contributed by atoms with Crippen molar-refractivity contribution < 1.29 is 9.63 Å². The summed E-state index contributed by atoms with van der Waals surface area (Å²) >= 11 is 0. The van der Waals surface area contributed by atoms with E-state index >= 15 is 0 Å². The quantitative estimate of drug-likeness (QED) is 0.674. The molecule has 0 aliphatic heterocycles. The summed E-state index contributed by atoms with van der Waals surface area (Å²) in [5.74, 6) is -0.126. The van der Waals surface area contributed by atoms with Crippen LogP contribution in [-0.2, 0) is 11.3 Å². The molecular formula is C17H18N2O2. The van der Waals surface area contributed by atoms with Gasteiger partial charge in [-0.15, -0.1) is 0 Å². The molecule has 0 heterocycles. The lowest BCUT2D eigenvalue weighted by atomic mass is 10.1. The Morgan fingerprint density at radius 3 is 2.67 bits per heavy atom. The fraction of sp³-hybridized carbons (Fsp3) is 0.176. The van der Waals surface area contributed by atoms with Crippen molar-refractivity contribution in [1.82, 2.24) is 0 Å². The van der Waals surface area contributed by atoms with Gasteiger partial charge in [0.1, 0.15) is 7.11 Å². The van der Waals surface area contributed by atoms with Crippen LogP contribution in [0.2, 0.25) is 0 Å². The van der Waals surface area contributed by atoms with Gasteiger partial charge in [-0.1, -0.05) is 36.3 Å². The number of nitrogens with zero attached hydrogens (tertiary/aromatic N) is 1. The Morgan fingerprint density at radius 1 is 1.24 bits per heavy atom. The number of carbonyl (C=O) groups is 1. The first-order valence-electron chi connectivity index (χ1n) is 6.80. The molecule has 0 bridgehead atoms. The molecule has 4 heteroatoms. The number of hydrogen-bond acceptors (Lipinski definition) is 3. The first kappa shape index (κ1) is 14.8. The molecule has 4 nitrogen and oxygen atoms in total. The van der Waals surface area contributed by atoms with Gasteiger partial charge in [-0.3, -0.25) is 4.79 Å². The highest BCUT2D eigenvalue weighted by molar-refractivity contribution is 6.04. The van der Waals surface area contributed by atoms with E-state index < -0.39 is 0 Å². The van der Waals surface area contributed by atoms with Gasteiger partial charge in [0.2, 0.25) is 0 Å². The summed E-state index contributed by atoms with van der Waals surface area (Å²) in [7, 11) is 1.49. The Labute approximate surface area is 124 Å². The Hall–Kier alpha value is -2.62. The van der Waals surface area contributed by atoms with Crippen molar-refractivity contribution in [2.75, 3.05) is 12.4 Å². The van der Waals surface area contributed by atoms with Gasteiger partial charge < -0.3 is 10.2 Å². The third-order valence-corrected chi connectivity index (χ3v) is 3.07. The van der Waals surface area contributed by atoms with Crippen molar-refractivity contribution >= 4 is 17.8 Å². The molecule has 0 saturated heterocycles. The Kier molecular flexibility index (Phi) is 5.10. The first-order chi connectivity index (χ1) is 10.2. The highest BCUT2D eigenvalue weighted by Gasteiger charge is 2.06. The van der Waals surface area contributed by atoms with Crippen molar-refractivity contribution in [3.8, 4) is 0 Å². The van der Waals surface area contributed by atoms with Crippen LogP contribution in [0.5, 0.6) is 0 Å². The second-order valence-electron chi connectivity index (χ2n) is 4.55. The molecule has 2 aromatic rings. The SMILES string of the molecule is CCc1cccc(NC(=O)c2ccc(/C=N/OC)cc2)c1. The molecule has 0 saturated carbocycles. The Morgan fingerprint density at radius 2 is 2.00 bits per heavy atom. The van der Waals surface area contributed by atoms with Crippen molar-refractivity contribution in [2.24, 2.45) is 5.16 Å². The molecule has 0 fully saturated rings. The molecule has 0 aromatic heterocycles. The third kappa shape index (κ3) is 4.18. The van der Waals surface area contributed by atoms with E-state index in [2.05, 4.69) is 22.2 Å². The fourth-order valence-corrected chi connectivity index (χ4v) is 1.91. The minimum atomic E-state index is -0.126. The van der Waals surface area contributed by atoms with E-state index in [4.69, 9.17) is 0 Å². The normalized spacial score (nSPS) is 10.6. The van der Waals surface area contributed by atoms with Crippen LogP contribution in [0.15, 0.2) is 53.7 Å². The molecule has 0 unspecified atom stereocenters. The van der Waals surface area contributed by atoms with Gasteiger partial charge in [-0.05, 0) is 41.8 Å². The van der Waals surface area contributed by atoms with E-state index in [1.54, 1.807) is 18.3 Å². The predicted octanol–water partition coefficient (Wildman–Crippen LogP) is 3.48. The minimum Gasteiger partial charge on any atom is -0.399 e. The van der Waals surface area contributed by atoms with E-state index in [1.165, 1.54) is 12.7 Å². The zero-order valence-corrected chi connectivity index (χ0v) is 12.2. The summed E-state index contributed by atoms with van der Waals surface area (Å²) < 4.78 is 0. The summed E-state index contributed by atoms with van der Waals surface area (Å²) in [5, 5.41) is 6.58. The van der Waals surface area contributed by atoms with Gasteiger partial charge in [0.15, 0.2) is 0 Å². The summed E-state index contributed by atoms with van der Waals surface area (Å²) in [6.07, 6.45) is 2.53. The maximum atomic E-state index is 12.2. The standard InChI is InChI=1S/C17H18N2O2/c1-3-13-5-4-6-16(11-13)19-17(20)15-9-7-14(8-10-15)12-18-21-2/h4-12H,3H2,1-2H3,(H,19,20)/b18-12+. The van der Waals surface area contributed by atoms with Crippen LogP contribution in [0.3, 0.4) is 0 Å². The number of amides is 1. The van der Waals surface area contributed by atoms with E-state index in [1.807, 2.05) is 36.4 Å². The van der Waals surface area contributed by atoms with E-state index in [-0.39, 0.29) is 5.91 Å². The largest absolute Gasteiger partial charge is 0.399 e. The molecule has 2 aromatic carbocycles. The average molecular weight is 282 g/mol. The lowest BCUT2D eigenvalue weighted by Crippen LogP contribution is -2.11. The second-order valence-corrected chi connectivity index (χ2v) is 4.55. The fourth-order valence-electron chi connectivity index (χ4n) is 1.91. The Bertz CT molecular complexity index is 633. The lowest BCUT2D eigenvalue weighted by molar-refractivity contribution is 0.102. The van der Waals surface area contributed by atoms with Crippen LogP contribution in [0, 0.1) is 0 Å². The highest BCUT2D eigenvalue weighted by atomic mass is 16.6. The molecular weight excluding hydrogens is 264 g/mol. The van der Waals surface area contributed by atoms with E-state index in [0.717, 1.165) is 17.7 Å². The van der Waals surface area contributed by atoms with Crippen LogP contribution in [0.4, 0.5) is 5.69 Å². The second kappa shape index (κ2) is 7.24. The molecule has 0 radical (unpaired) electrons. The number of nitrogens with one attached hydrogen (secondary N) is 1. The zero-order chi connectivity index (χ0) is 15.1. The van der Waals surface area contributed by atoms with Crippen LogP contribution in [0.1, 0.15) is 28.4 Å². The minimum absolute atomic E-state index is 0.126. The van der Waals surface area contributed by atoms with Crippen molar-refractivity contribution in [3.05, 3.63) is 65.2 Å². The number of hydrogen-bond donors (Lipinski definition) is 1. The number of carbonyl (C=O) groups excluding carboxylic acids is 1. The summed E-state index contributed by atoms with van der Waals surface area (Å²) in [4.78, 5) is 16.8.